The molecule has 0 spiro atoms. The average molecular weight is 317 g/mol. The van der Waals surface area contributed by atoms with Gasteiger partial charge in [0, 0.05) is 5.56 Å². The molecular weight excluding hydrogens is 302 g/mol. The van der Waals surface area contributed by atoms with E-state index in [-0.39, 0.29) is 0 Å². The molecule has 0 aliphatic heterocycles. The van der Waals surface area contributed by atoms with Gasteiger partial charge >= 0.3 is 0 Å². The summed E-state index contributed by atoms with van der Waals surface area (Å²) in [6, 6.07) is 19.7. The third kappa shape index (κ3) is 2.65. The van der Waals surface area contributed by atoms with Crippen LogP contribution in [-0.2, 0) is 6.61 Å². The maximum Gasteiger partial charge on any atom is 0.173 e. The number of aromatic nitrogens is 4. The second-order valence-corrected chi connectivity index (χ2v) is 5.37. The summed E-state index contributed by atoms with van der Waals surface area (Å²) in [4.78, 5) is 0. The molecule has 2 aromatic heterocycles. The lowest BCUT2D eigenvalue weighted by Crippen LogP contribution is -1.98. The number of para-hydroxylation sites is 1. The van der Waals surface area contributed by atoms with Crippen LogP contribution in [0, 0.1) is 0 Å². The average Bonchev–Trinajstić information content (AvgIpc) is 3.01. The van der Waals surface area contributed by atoms with E-state index in [2.05, 4.69) is 20.4 Å². The van der Waals surface area contributed by atoms with Gasteiger partial charge in [-0.2, -0.15) is 5.10 Å². The number of hydrogen-bond donors (Lipinski definition) is 2. The smallest absolute Gasteiger partial charge is 0.173 e. The fourth-order valence-electron chi connectivity index (χ4n) is 2.51. The number of anilines is 1. The Balaban J connectivity index is 1.67. The quantitative estimate of drug-likeness (QED) is 0.603. The van der Waals surface area contributed by atoms with Crippen molar-refractivity contribution >= 4 is 16.9 Å². The van der Waals surface area contributed by atoms with Crippen molar-refractivity contribution in [2.24, 2.45) is 0 Å². The Hall–Kier alpha value is -3.41. The number of nitrogens with zero attached hydrogens (tertiary/aromatic N) is 3. The maximum atomic E-state index is 5.98. The maximum absolute atomic E-state index is 5.98. The number of ether oxygens (including phenoxy) is 1. The number of nitrogens with two attached hydrogens (primary N) is 1. The summed E-state index contributed by atoms with van der Waals surface area (Å²) < 4.78 is 5.98. The molecule has 0 unspecified atom stereocenters. The number of benzene rings is 2. The van der Waals surface area contributed by atoms with Gasteiger partial charge in [-0.25, -0.2) is 0 Å². The van der Waals surface area contributed by atoms with E-state index in [0.717, 1.165) is 22.4 Å². The predicted molar refractivity (Wildman–Crippen MR) is 92.3 cm³/mol. The van der Waals surface area contributed by atoms with Gasteiger partial charge in [0.25, 0.3) is 0 Å². The minimum Gasteiger partial charge on any atom is -0.488 e. The highest BCUT2D eigenvalue weighted by Crippen LogP contribution is 2.30. The first-order chi connectivity index (χ1) is 11.8. The molecule has 0 aliphatic rings. The molecule has 24 heavy (non-hydrogen) atoms. The lowest BCUT2D eigenvalue weighted by molar-refractivity contribution is 0.307. The SMILES string of the molecule is Nc1n[nH]c2cc(-c3ccccc3OCc3ccccc3)nnc12. The Kier molecular flexibility index (Phi) is 3.55. The Morgan fingerprint density at radius 2 is 1.75 bits per heavy atom. The standard InChI is InChI=1S/C18H15N5O/c19-18-17-15(21-23-18)10-14(20-22-17)13-8-4-5-9-16(13)24-11-12-6-2-1-3-7-12/h1-10H,11H2,(H3,19,21,23). The third-order valence-electron chi connectivity index (χ3n) is 3.73. The van der Waals surface area contributed by atoms with Crippen molar-refractivity contribution in [3.8, 4) is 17.0 Å². The third-order valence-corrected chi connectivity index (χ3v) is 3.73. The minimum atomic E-state index is 0.345. The van der Waals surface area contributed by atoms with Crippen molar-refractivity contribution in [3.05, 3.63) is 66.2 Å². The van der Waals surface area contributed by atoms with E-state index >= 15 is 0 Å². The summed E-state index contributed by atoms with van der Waals surface area (Å²) >= 11 is 0. The van der Waals surface area contributed by atoms with E-state index in [1.807, 2.05) is 60.7 Å². The zero-order chi connectivity index (χ0) is 16.4. The van der Waals surface area contributed by atoms with Gasteiger partial charge in [0.05, 0.1) is 11.2 Å². The number of rotatable bonds is 4. The van der Waals surface area contributed by atoms with Crippen LogP contribution in [0.25, 0.3) is 22.3 Å². The Bertz CT molecular complexity index is 981. The van der Waals surface area contributed by atoms with E-state index in [4.69, 9.17) is 10.5 Å². The van der Waals surface area contributed by atoms with Crippen molar-refractivity contribution in [2.45, 2.75) is 6.61 Å². The van der Waals surface area contributed by atoms with Crippen LogP contribution in [0.1, 0.15) is 5.56 Å². The van der Waals surface area contributed by atoms with Gasteiger partial charge in [-0.15, -0.1) is 10.2 Å². The van der Waals surface area contributed by atoms with Gasteiger partial charge in [-0.1, -0.05) is 42.5 Å². The summed E-state index contributed by atoms with van der Waals surface area (Å²) in [6.07, 6.45) is 0. The highest BCUT2D eigenvalue weighted by Gasteiger charge is 2.11. The van der Waals surface area contributed by atoms with Gasteiger partial charge in [-0.3, -0.25) is 5.10 Å². The van der Waals surface area contributed by atoms with Crippen molar-refractivity contribution in [3.63, 3.8) is 0 Å². The summed E-state index contributed by atoms with van der Waals surface area (Å²) in [5.41, 5.74) is 9.74. The first kappa shape index (κ1) is 14.2. The van der Waals surface area contributed by atoms with Crippen molar-refractivity contribution in [1.29, 1.82) is 0 Å². The zero-order valence-corrected chi connectivity index (χ0v) is 12.8. The predicted octanol–water partition coefficient (Wildman–Crippen LogP) is 3.18. The molecule has 6 nitrogen and oxygen atoms in total. The molecule has 0 saturated carbocycles. The van der Waals surface area contributed by atoms with Gasteiger partial charge in [0.1, 0.15) is 12.4 Å². The molecule has 2 heterocycles. The van der Waals surface area contributed by atoms with Crippen LogP contribution in [0.4, 0.5) is 5.82 Å². The Morgan fingerprint density at radius 3 is 2.62 bits per heavy atom. The van der Waals surface area contributed by atoms with Crippen LogP contribution in [-0.4, -0.2) is 20.4 Å². The van der Waals surface area contributed by atoms with Gasteiger partial charge in [-0.05, 0) is 23.8 Å². The largest absolute Gasteiger partial charge is 0.488 e. The molecule has 0 atom stereocenters. The number of hydrogen-bond acceptors (Lipinski definition) is 5. The number of H-pyrrole nitrogens is 1. The summed E-state index contributed by atoms with van der Waals surface area (Å²) in [5, 5.41) is 15.2. The fraction of sp³-hybridized carbons (Fsp3) is 0.0556. The fourth-order valence-corrected chi connectivity index (χ4v) is 2.51. The molecule has 0 aliphatic carbocycles. The molecule has 3 N–H and O–H groups in total. The molecule has 4 aromatic rings. The molecule has 0 fully saturated rings. The number of nitrogen functional groups attached to an aromatic ring is 1. The second kappa shape index (κ2) is 6.00. The zero-order valence-electron chi connectivity index (χ0n) is 12.8. The van der Waals surface area contributed by atoms with Crippen molar-refractivity contribution < 1.29 is 4.74 Å². The van der Waals surface area contributed by atoms with E-state index in [1.165, 1.54) is 0 Å². The number of nitrogens with one attached hydrogen (secondary N) is 1. The van der Waals surface area contributed by atoms with Crippen LogP contribution in [0.2, 0.25) is 0 Å². The summed E-state index contributed by atoms with van der Waals surface area (Å²) in [7, 11) is 0. The molecule has 2 aromatic carbocycles. The lowest BCUT2D eigenvalue weighted by atomic mass is 10.1. The highest BCUT2D eigenvalue weighted by molar-refractivity contribution is 5.86. The van der Waals surface area contributed by atoms with Crippen molar-refractivity contribution in [2.75, 3.05) is 5.73 Å². The molecule has 0 bridgehead atoms. The molecule has 118 valence electrons. The minimum absolute atomic E-state index is 0.345. The molecule has 0 amide bonds. The van der Waals surface area contributed by atoms with Crippen LogP contribution in [0.3, 0.4) is 0 Å². The highest BCUT2D eigenvalue weighted by atomic mass is 16.5. The molecule has 0 saturated heterocycles. The second-order valence-electron chi connectivity index (χ2n) is 5.37. The van der Waals surface area contributed by atoms with Gasteiger partial charge < -0.3 is 10.5 Å². The Morgan fingerprint density at radius 1 is 0.958 bits per heavy atom. The summed E-state index contributed by atoms with van der Waals surface area (Å²) in [6.45, 7) is 0.491. The van der Waals surface area contributed by atoms with Crippen LogP contribution < -0.4 is 10.5 Å². The van der Waals surface area contributed by atoms with Crippen molar-refractivity contribution in [1.82, 2.24) is 20.4 Å². The lowest BCUT2D eigenvalue weighted by Gasteiger charge is -2.11. The van der Waals surface area contributed by atoms with Crippen LogP contribution >= 0.6 is 0 Å². The van der Waals surface area contributed by atoms with E-state index in [0.29, 0.717) is 23.6 Å². The Labute approximate surface area is 138 Å². The number of fused-ring (bicyclic) bond motifs is 1. The summed E-state index contributed by atoms with van der Waals surface area (Å²) in [5.74, 6) is 1.10. The first-order valence-corrected chi connectivity index (χ1v) is 7.54. The van der Waals surface area contributed by atoms with E-state index < -0.39 is 0 Å². The molecule has 4 rings (SSSR count). The monoisotopic (exact) mass is 317 g/mol. The van der Waals surface area contributed by atoms with Crippen LogP contribution in [0.15, 0.2) is 60.7 Å². The van der Waals surface area contributed by atoms with Gasteiger partial charge in [0.15, 0.2) is 11.3 Å². The van der Waals surface area contributed by atoms with E-state index in [9.17, 15) is 0 Å². The van der Waals surface area contributed by atoms with E-state index in [1.54, 1.807) is 0 Å². The molecule has 0 radical (unpaired) electrons. The van der Waals surface area contributed by atoms with Gasteiger partial charge in [0.2, 0.25) is 0 Å². The van der Waals surface area contributed by atoms with Crippen LogP contribution in [0.5, 0.6) is 5.75 Å². The first-order valence-electron chi connectivity index (χ1n) is 7.54. The topological polar surface area (TPSA) is 89.7 Å². The number of aromatic amines is 1. The normalized spacial score (nSPS) is 10.8. The molecular formula is C18H15N5O. The molecule has 6 heteroatoms.